The Balaban J connectivity index is 2.31. The van der Waals surface area contributed by atoms with Gasteiger partial charge in [0.05, 0.1) is 25.4 Å². The number of amides is 1. The molecule has 1 fully saturated rings. The van der Waals surface area contributed by atoms with Crippen LogP contribution in [0.4, 0.5) is 0 Å². The normalized spacial score (nSPS) is 22.5. The molecular formula is C39H77NO8. The van der Waals surface area contributed by atoms with Gasteiger partial charge in [-0.25, -0.2) is 0 Å². The van der Waals surface area contributed by atoms with Gasteiger partial charge in [0.2, 0.25) is 5.91 Å². The van der Waals surface area contributed by atoms with E-state index in [0.717, 1.165) is 38.5 Å². The van der Waals surface area contributed by atoms with Crippen molar-refractivity contribution in [3.8, 4) is 0 Å². The van der Waals surface area contributed by atoms with E-state index >= 15 is 0 Å². The Labute approximate surface area is 294 Å². The second-order valence-corrected chi connectivity index (χ2v) is 14.4. The van der Waals surface area contributed by atoms with Crippen molar-refractivity contribution in [3.05, 3.63) is 0 Å². The second kappa shape index (κ2) is 31.0. The molecule has 0 radical (unpaired) electrons. The summed E-state index contributed by atoms with van der Waals surface area (Å²) < 4.78 is 11.2. The summed E-state index contributed by atoms with van der Waals surface area (Å²) in [5.74, 6) is -0.150. The van der Waals surface area contributed by atoms with Crippen LogP contribution in [-0.4, -0.2) is 87.5 Å². The van der Waals surface area contributed by atoms with E-state index in [1.54, 1.807) is 0 Å². The summed E-state index contributed by atoms with van der Waals surface area (Å²) in [5.41, 5.74) is 0. The lowest BCUT2D eigenvalue weighted by atomic mass is 9.99. The zero-order valence-electron chi connectivity index (χ0n) is 31.0. The number of hydrogen-bond donors (Lipinski definition) is 6. The predicted octanol–water partition coefficient (Wildman–Crippen LogP) is 7.22. The van der Waals surface area contributed by atoms with Crippen LogP contribution in [0.5, 0.6) is 0 Å². The second-order valence-electron chi connectivity index (χ2n) is 14.4. The molecule has 0 spiro atoms. The minimum Gasteiger partial charge on any atom is -0.394 e. The van der Waals surface area contributed by atoms with Gasteiger partial charge in [0.1, 0.15) is 24.4 Å². The molecule has 0 saturated carbocycles. The van der Waals surface area contributed by atoms with Gasteiger partial charge < -0.3 is 40.3 Å². The Morgan fingerprint density at radius 1 is 0.625 bits per heavy atom. The van der Waals surface area contributed by atoms with Crippen molar-refractivity contribution in [3.63, 3.8) is 0 Å². The molecule has 0 aromatic heterocycles. The van der Waals surface area contributed by atoms with Crippen LogP contribution in [0.25, 0.3) is 0 Å². The summed E-state index contributed by atoms with van der Waals surface area (Å²) in [6.45, 7) is 3.78. The molecule has 9 nitrogen and oxygen atoms in total. The molecular weight excluding hydrogens is 610 g/mol. The van der Waals surface area contributed by atoms with Crippen molar-refractivity contribution in [1.29, 1.82) is 0 Å². The third-order valence-corrected chi connectivity index (χ3v) is 9.96. The molecule has 0 bridgehead atoms. The number of aliphatic hydroxyl groups is 5. The molecule has 6 N–H and O–H groups in total. The number of rotatable bonds is 33. The number of nitrogens with one attached hydrogen (secondary N) is 1. The van der Waals surface area contributed by atoms with Crippen molar-refractivity contribution in [2.75, 3.05) is 13.2 Å². The van der Waals surface area contributed by atoms with Gasteiger partial charge in [-0.15, -0.1) is 0 Å². The fourth-order valence-electron chi connectivity index (χ4n) is 6.63. The van der Waals surface area contributed by atoms with E-state index in [1.807, 2.05) is 0 Å². The van der Waals surface area contributed by atoms with E-state index < -0.39 is 49.5 Å². The predicted molar refractivity (Wildman–Crippen MR) is 194 cm³/mol. The van der Waals surface area contributed by atoms with Crippen LogP contribution in [0.1, 0.15) is 187 Å². The molecule has 7 unspecified atom stereocenters. The summed E-state index contributed by atoms with van der Waals surface area (Å²) in [6.07, 6.45) is 24.1. The number of aliphatic hydroxyl groups excluding tert-OH is 5. The SMILES string of the molecule is CCCCCCCCCCCCCCCCCCCCC(O)C(COC1OC(CO)C(O)C(O)C1O)NC(=O)CCCCCCCCC. The number of unbranched alkanes of at least 4 members (excludes halogenated alkanes) is 23. The maximum atomic E-state index is 12.8. The van der Waals surface area contributed by atoms with E-state index in [-0.39, 0.29) is 12.5 Å². The first-order valence-electron chi connectivity index (χ1n) is 20.2. The molecule has 286 valence electrons. The van der Waals surface area contributed by atoms with E-state index in [0.29, 0.717) is 12.8 Å². The van der Waals surface area contributed by atoms with Gasteiger partial charge in [-0.05, 0) is 12.8 Å². The Morgan fingerprint density at radius 3 is 1.48 bits per heavy atom. The van der Waals surface area contributed by atoms with E-state index in [4.69, 9.17) is 9.47 Å². The summed E-state index contributed by atoms with van der Waals surface area (Å²) in [5, 5.41) is 54.0. The highest BCUT2D eigenvalue weighted by Gasteiger charge is 2.44. The quantitative estimate of drug-likeness (QED) is 0.0396. The summed E-state index contributed by atoms with van der Waals surface area (Å²) in [4.78, 5) is 12.8. The summed E-state index contributed by atoms with van der Waals surface area (Å²) in [7, 11) is 0. The van der Waals surface area contributed by atoms with Crippen LogP contribution in [0.3, 0.4) is 0 Å². The molecule has 7 atom stereocenters. The van der Waals surface area contributed by atoms with Gasteiger partial charge in [0.15, 0.2) is 6.29 Å². The maximum Gasteiger partial charge on any atom is 0.220 e. The van der Waals surface area contributed by atoms with Gasteiger partial charge >= 0.3 is 0 Å². The van der Waals surface area contributed by atoms with Gasteiger partial charge in [0, 0.05) is 6.42 Å². The standard InChI is InChI=1S/C39H77NO8/c1-3-5-7-9-11-12-13-14-15-16-17-18-19-20-21-23-24-26-28-33(42)32(40-35(43)29-27-25-22-10-8-6-4-2)31-47-39-38(46)37(45)36(44)34(30-41)48-39/h32-34,36-39,41-42,44-46H,3-31H2,1-2H3,(H,40,43). The molecule has 1 heterocycles. The van der Waals surface area contributed by atoms with Gasteiger partial charge in [-0.1, -0.05) is 168 Å². The fraction of sp³-hybridized carbons (Fsp3) is 0.974. The number of carbonyl (C=O) groups excluding carboxylic acids is 1. The van der Waals surface area contributed by atoms with Crippen molar-refractivity contribution in [2.45, 2.75) is 230 Å². The van der Waals surface area contributed by atoms with Crippen molar-refractivity contribution < 1.29 is 39.8 Å². The Kier molecular flexibility index (Phi) is 29.2. The molecule has 0 aromatic carbocycles. The lowest BCUT2D eigenvalue weighted by Crippen LogP contribution is -2.60. The van der Waals surface area contributed by atoms with E-state index in [2.05, 4.69) is 19.2 Å². The first-order chi connectivity index (χ1) is 23.3. The highest BCUT2D eigenvalue weighted by molar-refractivity contribution is 5.76. The molecule has 0 aromatic rings. The molecule has 1 rings (SSSR count). The Hall–Kier alpha value is -0.810. The molecule has 0 aliphatic carbocycles. The van der Waals surface area contributed by atoms with Crippen molar-refractivity contribution in [1.82, 2.24) is 5.32 Å². The van der Waals surface area contributed by atoms with Crippen LogP contribution >= 0.6 is 0 Å². The third-order valence-electron chi connectivity index (χ3n) is 9.96. The largest absolute Gasteiger partial charge is 0.394 e. The molecule has 1 aliphatic heterocycles. The minimum atomic E-state index is -1.55. The minimum absolute atomic E-state index is 0.133. The number of ether oxygens (including phenoxy) is 2. The van der Waals surface area contributed by atoms with Crippen molar-refractivity contribution in [2.24, 2.45) is 0 Å². The van der Waals surface area contributed by atoms with Crippen LogP contribution in [0, 0.1) is 0 Å². The van der Waals surface area contributed by atoms with Crippen LogP contribution in [0.2, 0.25) is 0 Å². The van der Waals surface area contributed by atoms with Gasteiger partial charge in [-0.2, -0.15) is 0 Å². The topological polar surface area (TPSA) is 149 Å². The van der Waals surface area contributed by atoms with Crippen LogP contribution < -0.4 is 5.32 Å². The van der Waals surface area contributed by atoms with E-state index in [1.165, 1.54) is 122 Å². The molecule has 1 aliphatic rings. The Bertz CT molecular complexity index is 726. The van der Waals surface area contributed by atoms with Gasteiger partial charge in [0.25, 0.3) is 0 Å². The average Bonchev–Trinajstić information content (AvgIpc) is 3.08. The fourth-order valence-corrected chi connectivity index (χ4v) is 6.63. The van der Waals surface area contributed by atoms with Crippen LogP contribution in [-0.2, 0) is 14.3 Å². The third kappa shape index (κ3) is 22.1. The average molecular weight is 688 g/mol. The van der Waals surface area contributed by atoms with Crippen LogP contribution in [0.15, 0.2) is 0 Å². The molecule has 48 heavy (non-hydrogen) atoms. The molecule has 1 amide bonds. The number of carbonyl (C=O) groups is 1. The number of hydrogen-bond acceptors (Lipinski definition) is 8. The van der Waals surface area contributed by atoms with Gasteiger partial charge in [-0.3, -0.25) is 4.79 Å². The monoisotopic (exact) mass is 688 g/mol. The highest BCUT2D eigenvalue weighted by atomic mass is 16.7. The first kappa shape index (κ1) is 45.2. The highest BCUT2D eigenvalue weighted by Crippen LogP contribution is 2.23. The lowest BCUT2D eigenvalue weighted by molar-refractivity contribution is -0.302. The first-order valence-corrected chi connectivity index (χ1v) is 20.2. The van der Waals surface area contributed by atoms with Crippen molar-refractivity contribution >= 4 is 5.91 Å². The molecule has 9 heteroatoms. The maximum absolute atomic E-state index is 12.8. The summed E-state index contributed by atoms with van der Waals surface area (Å²) >= 11 is 0. The zero-order valence-corrected chi connectivity index (χ0v) is 31.0. The lowest BCUT2D eigenvalue weighted by Gasteiger charge is -2.40. The smallest absolute Gasteiger partial charge is 0.220 e. The zero-order chi connectivity index (χ0) is 35.2. The summed E-state index contributed by atoms with van der Waals surface area (Å²) in [6, 6.07) is -0.708. The molecule has 1 saturated heterocycles. The van der Waals surface area contributed by atoms with E-state index in [9.17, 15) is 30.3 Å². The Morgan fingerprint density at radius 2 is 1.04 bits per heavy atom.